The summed E-state index contributed by atoms with van der Waals surface area (Å²) >= 11 is 12.2. The van der Waals surface area contributed by atoms with Crippen molar-refractivity contribution in [3.63, 3.8) is 0 Å². The summed E-state index contributed by atoms with van der Waals surface area (Å²) in [5, 5.41) is 11.4. The molecule has 1 atom stereocenters. The molecule has 0 amide bonds. The molecule has 0 saturated carbocycles. The maximum atomic E-state index is 10.2. The van der Waals surface area contributed by atoms with Crippen molar-refractivity contribution in [1.82, 2.24) is 0 Å². The van der Waals surface area contributed by atoms with Gasteiger partial charge in [-0.05, 0) is 42.2 Å². The van der Waals surface area contributed by atoms with Crippen LogP contribution in [0.1, 0.15) is 16.7 Å². The summed E-state index contributed by atoms with van der Waals surface area (Å²) in [6.45, 7) is 2.05. The second-order valence-electron chi connectivity index (χ2n) is 4.69. The number of hydrogen-bond donors (Lipinski definition) is 1. The molecule has 0 fully saturated rings. The fourth-order valence-corrected chi connectivity index (χ4v) is 2.68. The lowest BCUT2D eigenvalue weighted by Gasteiger charge is -2.14. The van der Waals surface area contributed by atoms with E-state index in [9.17, 15) is 5.11 Å². The van der Waals surface area contributed by atoms with E-state index < -0.39 is 6.10 Å². The van der Waals surface area contributed by atoms with Crippen LogP contribution in [0.15, 0.2) is 42.5 Å². The average molecular weight is 295 g/mol. The standard InChI is InChI=1S/C16H16Cl2O/c1-11-5-2-3-6-12(11)9-13(19)10-14-15(17)7-4-8-16(14)18/h2-8,13,19H,9-10H2,1H3. The van der Waals surface area contributed by atoms with Gasteiger partial charge < -0.3 is 5.11 Å². The van der Waals surface area contributed by atoms with Gasteiger partial charge in [-0.2, -0.15) is 0 Å². The van der Waals surface area contributed by atoms with Crippen molar-refractivity contribution < 1.29 is 5.11 Å². The maximum Gasteiger partial charge on any atom is 0.0622 e. The third-order valence-electron chi connectivity index (χ3n) is 3.22. The molecule has 1 nitrogen and oxygen atoms in total. The molecule has 0 heterocycles. The van der Waals surface area contributed by atoms with Gasteiger partial charge in [0.25, 0.3) is 0 Å². The Hall–Kier alpha value is -1.02. The maximum absolute atomic E-state index is 10.2. The van der Waals surface area contributed by atoms with Gasteiger partial charge in [0.15, 0.2) is 0 Å². The lowest BCUT2D eigenvalue weighted by Crippen LogP contribution is -2.15. The first-order chi connectivity index (χ1) is 9.08. The molecule has 0 aliphatic carbocycles. The van der Waals surface area contributed by atoms with Crippen molar-refractivity contribution in [2.45, 2.75) is 25.9 Å². The molecule has 0 saturated heterocycles. The van der Waals surface area contributed by atoms with E-state index in [4.69, 9.17) is 23.2 Å². The van der Waals surface area contributed by atoms with Gasteiger partial charge in [-0.3, -0.25) is 0 Å². The van der Waals surface area contributed by atoms with E-state index in [1.165, 1.54) is 5.56 Å². The number of aryl methyl sites for hydroxylation is 1. The van der Waals surface area contributed by atoms with Crippen LogP contribution < -0.4 is 0 Å². The SMILES string of the molecule is Cc1ccccc1CC(O)Cc1c(Cl)cccc1Cl. The van der Waals surface area contributed by atoms with Crippen LogP contribution in [0.3, 0.4) is 0 Å². The molecular formula is C16H16Cl2O. The largest absolute Gasteiger partial charge is 0.392 e. The average Bonchev–Trinajstić information content (AvgIpc) is 2.37. The monoisotopic (exact) mass is 294 g/mol. The second-order valence-corrected chi connectivity index (χ2v) is 5.50. The number of aliphatic hydroxyl groups is 1. The first-order valence-corrected chi connectivity index (χ1v) is 6.99. The zero-order valence-electron chi connectivity index (χ0n) is 10.7. The highest BCUT2D eigenvalue weighted by atomic mass is 35.5. The lowest BCUT2D eigenvalue weighted by atomic mass is 9.98. The van der Waals surface area contributed by atoms with Gasteiger partial charge >= 0.3 is 0 Å². The Labute approximate surface area is 123 Å². The molecule has 0 bridgehead atoms. The molecule has 0 aliphatic heterocycles. The molecule has 3 heteroatoms. The van der Waals surface area contributed by atoms with Gasteiger partial charge in [0.05, 0.1) is 6.10 Å². The van der Waals surface area contributed by atoms with E-state index in [1.54, 1.807) is 12.1 Å². The molecule has 19 heavy (non-hydrogen) atoms. The smallest absolute Gasteiger partial charge is 0.0622 e. The van der Waals surface area contributed by atoms with Crippen LogP contribution in [-0.2, 0) is 12.8 Å². The summed E-state index contributed by atoms with van der Waals surface area (Å²) in [7, 11) is 0. The summed E-state index contributed by atoms with van der Waals surface area (Å²) in [6, 6.07) is 13.5. The Morgan fingerprint density at radius 3 is 2.21 bits per heavy atom. The van der Waals surface area contributed by atoms with E-state index >= 15 is 0 Å². The Bertz CT molecular complexity index is 546. The molecule has 2 rings (SSSR count). The first-order valence-electron chi connectivity index (χ1n) is 6.23. The minimum Gasteiger partial charge on any atom is -0.392 e. The van der Waals surface area contributed by atoms with Gasteiger partial charge in [0, 0.05) is 16.5 Å². The molecule has 1 N–H and O–H groups in total. The van der Waals surface area contributed by atoms with Crippen LogP contribution in [0.4, 0.5) is 0 Å². The van der Waals surface area contributed by atoms with Crippen molar-refractivity contribution in [2.24, 2.45) is 0 Å². The highest BCUT2D eigenvalue weighted by Gasteiger charge is 2.13. The molecule has 100 valence electrons. The van der Waals surface area contributed by atoms with Crippen molar-refractivity contribution in [2.75, 3.05) is 0 Å². The Morgan fingerprint density at radius 1 is 0.947 bits per heavy atom. The molecule has 2 aromatic carbocycles. The topological polar surface area (TPSA) is 20.2 Å². The van der Waals surface area contributed by atoms with Crippen molar-refractivity contribution in [3.8, 4) is 0 Å². The van der Waals surface area contributed by atoms with E-state index in [0.717, 1.165) is 11.1 Å². The molecule has 0 aromatic heterocycles. The first kappa shape index (κ1) is 14.4. The molecule has 0 spiro atoms. The zero-order valence-corrected chi connectivity index (χ0v) is 12.2. The van der Waals surface area contributed by atoms with Gasteiger partial charge in [0.1, 0.15) is 0 Å². The van der Waals surface area contributed by atoms with Crippen LogP contribution in [0.2, 0.25) is 10.0 Å². The number of halogens is 2. The van der Waals surface area contributed by atoms with Crippen molar-refractivity contribution >= 4 is 23.2 Å². The van der Waals surface area contributed by atoms with Crippen molar-refractivity contribution in [3.05, 3.63) is 69.2 Å². The zero-order chi connectivity index (χ0) is 13.8. The van der Waals surface area contributed by atoms with Gasteiger partial charge in [0.2, 0.25) is 0 Å². The third-order valence-corrected chi connectivity index (χ3v) is 3.93. The van der Waals surface area contributed by atoms with Gasteiger partial charge in [-0.15, -0.1) is 0 Å². The second kappa shape index (κ2) is 6.42. The Morgan fingerprint density at radius 2 is 1.58 bits per heavy atom. The van der Waals surface area contributed by atoms with E-state index in [-0.39, 0.29) is 0 Å². The number of benzene rings is 2. The minimum atomic E-state index is -0.488. The van der Waals surface area contributed by atoms with Gasteiger partial charge in [-0.1, -0.05) is 53.5 Å². The quantitative estimate of drug-likeness (QED) is 0.883. The third kappa shape index (κ3) is 3.73. The van der Waals surface area contributed by atoms with Gasteiger partial charge in [-0.25, -0.2) is 0 Å². The summed E-state index contributed by atoms with van der Waals surface area (Å²) in [5.74, 6) is 0. The number of aliphatic hydroxyl groups excluding tert-OH is 1. The van der Waals surface area contributed by atoms with E-state index in [0.29, 0.717) is 22.9 Å². The van der Waals surface area contributed by atoms with Crippen molar-refractivity contribution in [1.29, 1.82) is 0 Å². The van der Waals surface area contributed by atoms with Crippen LogP contribution in [0.25, 0.3) is 0 Å². The lowest BCUT2D eigenvalue weighted by molar-refractivity contribution is 0.175. The molecule has 0 aliphatic rings. The fourth-order valence-electron chi connectivity index (χ4n) is 2.13. The molecular weight excluding hydrogens is 279 g/mol. The van der Waals surface area contributed by atoms with Crippen LogP contribution in [-0.4, -0.2) is 11.2 Å². The predicted molar refractivity (Wildman–Crippen MR) is 81.1 cm³/mol. The van der Waals surface area contributed by atoms with E-state index in [1.807, 2.05) is 37.3 Å². The normalized spacial score (nSPS) is 12.4. The molecule has 2 aromatic rings. The Kier molecular flexibility index (Phi) is 4.87. The summed E-state index contributed by atoms with van der Waals surface area (Å²) in [6.07, 6.45) is 0.583. The summed E-state index contributed by atoms with van der Waals surface area (Å²) < 4.78 is 0. The predicted octanol–water partition coefficient (Wildman–Crippen LogP) is 4.45. The number of rotatable bonds is 4. The molecule has 1 unspecified atom stereocenters. The highest BCUT2D eigenvalue weighted by Crippen LogP contribution is 2.26. The van der Waals surface area contributed by atoms with Crippen LogP contribution >= 0.6 is 23.2 Å². The van der Waals surface area contributed by atoms with E-state index in [2.05, 4.69) is 0 Å². The highest BCUT2D eigenvalue weighted by molar-refractivity contribution is 6.35. The minimum absolute atomic E-state index is 0.465. The summed E-state index contributed by atoms with van der Waals surface area (Å²) in [5.41, 5.74) is 3.15. The summed E-state index contributed by atoms with van der Waals surface area (Å²) in [4.78, 5) is 0. The van der Waals surface area contributed by atoms with Crippen LogP contribution in [0.5, 0.6) is 0 Å². The number of hydrogen-bond acceptors (Lipinski definition) is 1. The fraction of sp³-hybridized carbons (Fsp3) is 0.250. The Balaban J connectivity index is 2.10. The molecule has 0 radical (unpaired) electrons. The van der Waals surface area contributed by atoms with Crippen LogP contribution in [0, 0.1) is 6.92 Å².